The Bertz CT molecular complexity index is 397. The monoisotopic (exact) mass is 211 g/mol. The number of hydrogen-bond donors (Lipinski definition) is 0. The van der Waals surface area contributed by atoms with Crippen LogP contribution in [0.15, 0.2) is 6.20 Å². The molecule has 1 heterocycles. The zero-order chi connectivity index (χ0) is 11.6. The molecule has 15 heavy (non-hydrogen) atoms. The Kier molecular flexibility index (Phi) is 3.21. The summed E-state index contributed by atoms with van der Waals surface area (Å²) in [5, 5.41) is 4.91. The number of hydroxylamine groups is 2. The molecule has 1 rings (SSSR count). The summed E-state index contributed by atoms with van der Waals surface area (Å²) in [4.78, 5) is 27.8. The molecule has 0 N–H and O–H groups in total. The highest BCUT2D eigenvalue weighted by Crippen LogP contribution is 2.10. The van der Waals surface area contributed by atoms with Crippen LogP contribution in [0, 0.1) is 0 Å². The van der Waals surface area contributed by atoms with E-state index in [0.717, 1.165) is 5.06 Å². The second-order valence-corrected chi connectivity index (χ2v) is 3.07. The van der Waals surface area contributed by atoms with Crippen molar-refractivity contribution in [2.75, 3.05) is 14.2 Å². The van der Waals surface area contributed by atoms with Crippen molar-refractivity contribution in [3.63, 3.8) is 0 Å². The Morgan fingerprint density at radius 2 is 2.13 bits per heavy atom. The molecule has 0 aromatic carbocycles. The molecule has 6 heteroatoms. The molecule has 0 aliphatic heterocycles. The third kappa shape index (κ3) is 2.04. The number of aryl methyl sites for hydroxylation is 1. The summed E-state index contributed by atoms with van der Waals surface area (Å²) >= 11 is 0. The number of carbonyl (C=O) groups is 2. The Hall–Kier alpha value is -1.69. The van der Waals surface area contributed by atoms with Gasteiger partial charge in [0.2, 0.25) is 0 Å². The SMILES string of the molecule is CON(C)C(=O)c1c(C(C)=O)cnn1C. The van der Waals surface area contributed by atoms with Gasteiger partial charge in [-0.05, 0) is 6.92 Å². The maximum atomic E-state index is 11.8. The summed E-state index contributed by atoms with van der Waals surface area (Å²) in [5.41, 5.74) is 0.526. The molecule has 1 amide bonds. The average Bonchev–Trinajstić information content (AvgIpc) is 2.58. The molecule has 0 fully saturated rings. The van der Waals surface area contributed by atoms with Crippen molar-refractivity contribution in [3.05, 3.63) is 17.5 Å². The van der Waals surface area contributed by atoms with Gasteiger partial charge >= 0.3 is 0 Å². The quantitative estimate of drug-likeness (QED) is 0.531. The van der Waals surface area contributed by atoms with E-state index in [1.165, 1.54) is 32.0 Å². The average molecular weight is 211 g/mol. The number of hydrogen-bond acceptors (Lipinski definition) is 4. The maximum Gasteiger partial charge on any atom is 0.296 e. The van der Waals surface area contributed by atoms with Gasteiger partial charge in [0, 0.05) is 14.1 Å². The normalized spacial score (nSPS) is 10.1. The van der Waals surface area contributed by atoms with Crippen LogP contribution in [0.3, 0.4) is 0 Å². The van der Waals surface area contributed by atoms with E-state index < -0.39 is 5.91 Å². The topological polar surface area (TPSA) is 64.4 Å². The minimum Gasteiger partial charge on any atom is -0.294 e. The van der Waals surface area contributed by atoms with Crippen molar-refractivity contribution in [2.24, 2.45) is 7.05 Å². The zero-order valence-corrected chi connectivity index (χ0v) is 9.14. The van der Waals surface area contributed by atoms with Crippen LogP contribution in [0.2, 0.25) is 0 Å². The second-order valence-electron chi connectivity index (χ2n) is 3.07. The molecular formula is C9H13N3O3. The molecule has 82 valence electrons. The van der Waals surface area contributed by atoms with Crippen molar-refractivity contribution in [1.29, 1.82) is 0 Å². The molecule has 0 saturated carbocycles. The molecule has 0 bridgehead atoms. The number of Topliss-reactive ketones (excluding diaryl/α,β-unsaturated/α-hetero) is 1. The zero-order valence-electron chi connectivity index (χ0n) is 9.14. The van der Waals surface area contributed by atoms with E-state index in [1.54, 1.807) is 7.05 Å². The van der Waals surface area contributed by atoms with Gasteiger partial charge < -0.3 is 0 Å². The van der Waals surface area contributed by atoms with E-state index in [9.17, 15) is 9.59 Å². The minimum absolute atomic E-state index is 0.198. The van der Waals surface area contributed by atoms with E-state index in [0.29, 0.717) is 5.56 Å². The predicted molar refractivity (Wildman–Crippen MR) is 52.3 cm³/mol. The lowest BCUT2D eigenvalue weighted by atomic mass is 10.2. The van der Waals surface area contributed by atoms with Crippen molar-refractivity contribution in [3.8, 4) is 0 Å². The third-order valence-corrected chi connectivity index (χ3v) is 2.08. The summed E-state index contributed by atoms with van der Waals surface area (Å²) in [5.74, 6) is -0.598. The van der Waals surface area contributed by atoms with E-state index in [-0.39, 0.29) is 11.5 Å². The third-order valence-electron chi connectivity index (χ3n) is 2.08. The second kappa shape index (κ2) is 4.22. The lowest BCUT2D eigenvalue weighted by molar-refractivity contribution is -0.0763. The first-order valence-corrected chi connectivity index (χ1v) is 4.34. The van der Waals surface area contributed by atoms with Crippen LogP contribution in [0.25, 0.3) is 0 Å². The predicted octanol–water partition coefficient (Wildman–Crippen LogP) is 0.256. The van der Waals surface area contributed by atoms with Gasteiger partial charge in [0.1, 0.15) is 5.69 Å². The maximum absolute atomic E-state index is 11.8. The van der Waals surface area contributed by atoms with E-state index in [1.807, 2.05) is 0 Å². The van der Waals surface area contributed by atoms with Gasteiger partial charge in [-0.3, -0.25) is 19.1 Å². The van der Waals surface area contributed by atoms with Crippen molar-refractivity contribution in [1.82, 2.24) is 14.8 Å². The fraction of sp³-hybridized carbons (Fsp3) is 0.444. The van der Waals surface area contributed by atoms with Crippen LogP contribution in [0.5, 0.6) is 0 Å². The molecule has 0 unspecified atom stereocenters. The molecule has 0 aliphatic rings. The molecule has 0 spiro atoms. The summed E-state index contributed by atoms with van der Waals surface area (Å²) in [6, 6.07) is 0. The Morgan fingerprint density at radius 3 is 2.60 bits per heavy atom. The van der Waals surface area contributed by atoms with Gasteiger partial charge in [0.25, 0.3) is 5.91 Å². The highest BCUT2D eigenvalue weighted by molar-refractivity contribution is 6.05. The molecule has 0 radical (unpaired) electrons. The Morgan fingerprint density at radius 1 is 1.53 bits per heavy atom. The number of ketones is 1. The summed E-state index contributed by atoms with van der Waals surface area (Å²) < 4.78 is 1.36. The molecule has 1 aromatic heterocycles. The van der Waals surface area contributed by atoms with Crippen LogP contribution in [0.1, 0.15) is 27.8 Å². The smallest absolute Gasteiger partial charge is 0.294 e. The van der Waals surface area contributed by atoms with Gasteiger partial charge in [0.15, 0.2) is 5.78 Å². The van der Waals surface area contributed by atoms with Crippen LogP contribution in [0.4, 0.5) is 0 Å². The number of rotatable bonds is 3. The Balaban J connectivity index is 3.17. The highest BCUT2D eigenvalue weighted by Gasteiger charge is 2.22. The number of carbonyl (C=O) groups excluding carboxylic acids is 2. The van der Waals surface area contributed by atoms with Crippen molar-refractivity contribution in [2.45, 2.75) is 6.92 Å². The van der Waals surface area contributed by atoms with Crippen LogP contribution >= 0.6 is 0 Å². The minimum atomic E-state index is -0.400. The fourth-order valence-electron chi connectivity index (χ4n) is 1.18. The molecule has 0 atom stereocenters. The highest BCUT2D eigenvalue weighted by atomic mass is 16.7. The van der Waals surface area contributed by atoms with Gasteiger partial charge in [-0.25, -0.2) is 5.06 Å². The lowest BCUT2D eigenvalue weighted by Gasteiger charge is -2.14. The number of aromatic nitrogens is 2. The number of nitrogens with zero attached hydrogens (tertiary/aromatic N) is 3. The molecular weight excluding hydrogens is 198 g/mol. The Labute approximate surface area is 87.4 Å². The van der Waals surface area contributed by atoms with Crippen molar-refractivity contribution >= 4 is 11.7 Å². The van der Waals surface area contributed by atoms with E-state index >= 15 is 0 Å². The van der Waals surface area contributed by atoms with Crippen LogP contribution < -0.4 is 0 Å². The largest absolute Gasteiger partial charge is 0.296 e. The van der Waals surface area contributed by atoms with Gasteiger partial charge in [-0.1, -0.05) is 0 Å². The standard InChI is InChI=1S/C9H13N3O3/c1-6(13)7-5-10-11(2)8(7)9(14)12(3)15-4/h5H,1-4H3. The molecule has 1 aromatic rings. The van der Waals surface area contributed by atoms with Crippen LogP contribution in [-0.2, 0) is 11.9 Å². The van der Waals surface area contributed by atoms with Crippen molar-refractivity contribution < 1.29 is 14.4 Å². The number of amides is 1. The molecule has 0 aliphatic carbocycles. The first kappa shape index (κ1) is 11.4. The van der Waals surface area contributed by atoms with Gasteiger partial charge in [-0.2, -0.15) is 5.10 Å². The van der Waals surface area contributed by atoms with Gasteiger partial charge in [0.05, 0.1) is 18.9 Å². The van der Waals surface area contributed by atoms with Crippen LogP contribution in [-0.4, -0.2) is 40.7 Å². The lowest BCUT2D eigenvalue weighted by Crippen LogP contribution is -2.28. The fourth-order valence-corrected chi connectivity index (χ4v) is 1.18. The first-order chi connectivity index (χ1) is 6.99. The summed E-state index contributed by atoms with van der Waals surface area (Å²) in [6.07, 6.45) is 1.37. The first-order valence-electron chi connectivity index (χ1n) is 4.34. The summed E-state index contributed by atoms with van der Waals surface area (Å²) in [6.45, 7) is 1.39. The molecule has 6 nitrogen and oxygen atoms in total. The van der Waals surface area contributed by atoms with E-state index in [4.69, 9.17) is 4.84 Å². The molecule has 0 saturated heterocycles. The van der Waals surface area contributed by atoms with Gasteiger partial charge in [-0.15, -0.1) is 0 Å². The van der Waals surface area contributed by atoms with E-state index in [2.05, 4.69) is 5.10 Å². The summed E-state index contributed by atoms with van der Waals surface area (Å²) in [7, 11) is 4.45.